The molecule has 0 amide bonds. The highest BCUT2D eigenvalue weighted by Gasteiger charge is 2.16. The van der Waals surface area contributed by atoms with Gasteiger partial charge in [-0.05, 0) is 38.8 Å². The van der Waals surface area contributed by atoms with Crippen LogP contribution >= 0.6 is 0 Å². The standard InChI is InChI=1S/C17H22O3/c1-5-14(4)20-16(17(18)19-13(2)3)12-11-15-9-7-6-8-10-15/h5-10,12-14H,1,11H2,2-4H3/b16-12+. The van der Waals surface area contributed by atoms with Crippen LogP contribution in [0.5, 0.6) is 0 Å². The van der Waals surface area contributed by atoms with Crippen LogP contribution in [0, 0.1) is 0 Å². The van der Waals surface area contributed by atoms with E-state index >= 15 is 0 Å². The summed E-state index contributed by atoms with van der Waals surface area (Å²) >= 11 is 0. The van der Waals surface area contributed by atoms with E-state index in [1.54, 1.807) is 12.2 Å². The van der Waals surface area contributed by atoms with E-state index in [2.05, 4.69) is 6.58 Å². The highest BCUT2D eigenvalue weighted by Crippen LogP contribution is 2.10. The lowest BCUT2D eigenvalue weighted by atomic mass is 10.1. The Hall–Kier alpha value is -2.03. The van der Waals surface area contributed by atoms with E-state index in [1.807, 2.05) is 51.1 Å². The van der Waals surface area contributed by atoms with Crippen molar-refractivity contribution >= 4 is 5.97 Å². The van der Waals surface area contributed by atoms with Crippen molar-refractivity contribution in [1.29, 1.82) is 0 Å². The number of benzene rings is 1. The van der Waals surface area contributed by atoms with Crippen LogP contribution in [-0.2, 0) is 20.7 Å². The molecule has 0 aromatic heterocycles. The minimum absolute atomic E-state index is 0.176. The number of allylic oxidation sites excluding steroid dienone is 1. The summed E-state index contributed by atoms with van der Waals surface area (Å²) in [5.41, 5.74) is 1.11. The van der Waals surface area contributed by atoms with Crippen molar-refractivity contribution in [2.45, 2.75) is 39.4 Å². The molecule has 0 bridgehead atoms. The summed E-state index contributed by atoms with van der Waals surface area (Å²) in [4.78, 5) is 12.0. The molecule has 1 aromatic carbocycles. The van der Waals surface area contributed by atoms with E-state index in [0.717, 1.165) is 5.56 Å². The van der Waals surface area contributed by atoms with E-state index < -0.39 is 5.97 Å². The monoisotopic (exact) mass is 274 g/mol. The number of carbonyl (C=O) groups is 1. The van der Waals surface area contributed by atoms with Gasteiger partial charge in [-0.25, -0.2) is 4.79 Å². The zero-order chi connectivity index (χ0) is 15.0. The first-order valence-electron chi connectivity index (χ1n) is 6.77. The largest absolute Gasteiger partial charge is 0.480 e. The van der Waals surface area contributed by atoms with Crippen molar-refractivity contribution < 1.29 is 14.3 Å². The summed E-state index contributed by atoms with van der Waals surface area (Å²) in [5.74, 6) is -0.209. The van der Waals surface area contributed by atoms with Crippen LogP contribution in [-0.4, -0.2) is 18.2 Å². The molecule has 0 aliphatic carbocycles. The molecule has 0 radical (unpaired) electrons. The van der Waals surface area contributed by atoms with Crippen molar-refractivity contribution in [3.8, 4) is 0 Å². The lowest BCUT2D eigenvalue weighted by Gasteiger charge is -2.15. The quantitative estimate of drug-likeness (QED) is 0.329. The predicted octanol–water partition coefficient (Wildman–Crippen LogP) is 3.66. The molecule has 0 saturated carbocycles. The molecule has 3 nitrogen and oxygen atoms in total. The van der Waals surface area contributed by atoms with Crippen LogP contribution in [0.4, 0.5) is 0 Å². The highest BCUT2D eigenvalue weighted by atomic mass is 16.6. The van der Waals surface area contributed by atoms with Crippen LogP contribution < -0.4 is 0 Å². The van der Waals surface area contributed by atoms with E-state index in [-0.39, 0.29) is 18.0 Å². The van der Waals surface area contributed by atoms with Crippen molar-refractivity contribution in [2.75, 3.05) is 0 Å². The van der Waals surface area contributed by atoms with Crippen LogP contribution in [0.1, 0.15) is 26.3 Å². The van der Waals surface area contributed by atoms with Gasteiger partial charge in [-0.2, -0.15) is 0 Å². The fourth-order valence-corrected chi connectivity index (χ4v) is 1.52. The first-order valence-corrected chi connectivity index (χ1v) is 6.77. The summed E-state index contributed by atoms with van der Waals surface area (Å²) in [6.07, 6.45) is 3.59. The summed E-state index contributed by atoms with van der Waals surface area (Å²) < 4.78 is 10.7. The van der Waals surface area contributed by atoms with Gasteiger partial charge in [0.2, 0.25) is 5.76 Å². The Morgan fingerprint density at radius 1 is 1.20 bits per heavy atom. The third kappa shape index (κ3) is 5.74. The van der Waals surface area contributed by atoms with E-state index in [1.165, 1.54) is 0 Å². The van der Waals surface area contributed by atoms with Gasteiger partial charge in [-0.3, -0.25) is 0 Å². The zero-order valence-electron chi connectivity index (χ0n) is 12.3. The van der Waals surface area contributed by atoms with Crippen molar-refractivity contribution in [3.63, 3.8) is 0 Å². The van der Waals surface area contributed by atoms with E-state index in [0.29, 0.717) is 6.42 Å². The Morgan fingerprint density at radius 3 is 2.40 bits per heavy atom. The molecule has 0 spiro atoms. The summed E-state index contributed by atoms with van der Waals surface area (Å²) in [5, 5.41) is 0. The Bertz CT molecular complexity index is 460. The molecule has 0 heterocycles. The van der Waals surface area contributed by atoms with E-state index in [9.17, 15) is 4.79 Å². The fraction of sp³-hybridized carbons (Fsp3) is 0.353. The average molecular weight is 274 g/mol. The number of rotatable bonds is 7. The second kappa shape index (κ2) is 8.20. The smallest absolute Gasteiger partial charge is 0.373 e. The van der Waals surface area contributed by atoms with Crippen molar-refractivity contribution in [1.82, 2.24) is 0 Å². The normalized spacial score (nSPS) is 12.9. The fourth-order valence-electron chi connectivity index (χ4n) is 1.52. The SMILES string of the molecule is C=CC(C)O/C(=C/Cc1ccccc1)C(=O)OC(C)C. The molecule has 1 aromatic rings. The lowest BCUT2D eigenvalue weighted by Crippen LogP contribution is -2.18. The number of hydrogen-bond acceptors (Lipinski definition) is 3. The average Bonchev–Trinajstić information content (AvgIpc) is 2.43. The number of esters is 1. The molecule has 0 N–H and O–H groups in total. The highest BCUT2D eigenvalue weighted by molar-refractivity contribution is 5.86. The molecule has 0 aliphatic rings. The molecule has 108 valence electrons. The van der Waals surface area contributed by atoms with Gasteiger partial charge >= 0.3 is 5.97 Å². The number of ether oxygens (including phenoxy) is 2. The molecule has 1 unspecified atom stereocenters. The zero-order valence-corrected chi connectivity index (χ0v) is 12.3. The third-order valence-corrected chi connectivity index (χ3v) is 2.55. The maximum Gasteiger partial charge on any atom is 0.373 e. The molecule has 20 heavy (non-hydrogen) atoms. The Balaban J connectivity index is 2.80. The molecular formula is C17H22O3. The van der Waals surface area contributed by atoms with Crippen LogP contribution in [0.15, 0.2) is 54.8 Å². The third-order valence-electron chi connectivity index (χ3n) is 2.55. The number of hydrogen-bond donors (Lipinski definition) is 0. The lowest BCUT2D eigenvalue weighted by molar-refractivity contribution is -0.147. The molecule has 0 saturated heterocycles. The first-order chi connectivity index (χ1) is 9.52. The Kier molecular flexibility index (Phi) is 6.57. The topological polar surface area (TPSA) is 35.5 Å². The molecule has 0 aliphatic heterocycles. The van der Waals surface area contributed by atoms with Crippen molar-refractivity contribution in [3.05, 3.63) is 60.4 Å². The molecular weight excluding hydrogens is 252 g/mol. The summed E-state index contributed by atoms with van der Waals surface area (Å²) in [6, 6.07) is 9.88. The maximum absolute atomic E-state index is 12.0. The van der Waals surface area contributed by atoms with Gasteiger partial charge in [0.25, 0.3) is 0 Å². The number of carbonyl (C=O) groups excluding carboxylic acids is 1. The van der Waals surface area contributed by atoms with Crippen LogP contribution in [0.25, 0.3) is 0 Å². The van der Waals surface area contributed by atoms with Crippen LogP contribution in [0.2, 0.25) is 0 Å². The van der Waals surface area contributed by atoms with Crippen molar-refractivity contribution in [2.24, 2.45) is 0 Å². The van der Waals surface area contributed by atoms with Crippen LogP contribution in [0.3, 0.4) is 0 Å². The van der Waals surface area contributed by atoms with E-state index in [4.69, 9.17) is 9.47 Å². The molecule has 3 heteroatoms. The van der Waals surface area contributed by atoms with Gasteiger partial charge < -0.3 is 9.47 Å². The van der Waals surface area contributed by atoms with Gasteiger partial charge in [-0.15, -0.1) is 0 Å². The van der Waals surface area contributed by atoms with Gasteiger partial charge in [0.15, 0.2) is 0 Å². The Labute approximate surface area is 120 Å². The predicted molar refractivity (Wildman–Crippen MR) is 80.2 cm³/mol. The minimum atomic E-state index is -0.440. The maximum atomic E-state index is 12.0. The molecule has 1 atom stereocenters. The van der Waals surface area contributed by atoms with Gasteiger partial charge in [-0.1, -0.05) is 43.0 Å². The summed E-state index contributed by atoms with van der Waals surface area (Å²) in [6.45, 7) is 9.09. The molecule has 0 fully saturated rings. The van der Waals surface area contributed by atoms with Gasteiger partial charge in [0, 0.05) is 0 Å². The second-order valence-electron chi connectivity index (χ2n) is 4.77. The first kappa shape index (κ1) is 16.0. The second-order valence-corrected chi connectivity index (χ2v) is 4.77. The van der Waals surface area contributed by atoms with Gasteiger partial charge in [0.05, 0.1) is 6.10 Å². The minimum Gasteiger partial charge on any atom is -0.480 e. The Morgan fingerprint density at radius 2 is 1.85 bits per heavy atom. The summed E-state index contributed by atoms with van der Waals surface area (Å²) in [7, 11) is 0. The van der Waals surface area contributed by atoms with Gasteiger partial charge in [0.1, 0.15) is 6.10 Å². The molecule has 1 rings (SSSR count).